The highest BCUT2D eigenvalue weighted by Gasteiger charge is 2.48. The smallest absolute Gasteiger partial charge is 0.0662 e. The molecule has 4 bridgehead atoms. The van der Waals surface area contributed by atoms with Crippen LogP contribution in [0.15, 0.2) is 0 Å². The monoisotopic (exact) mass is 266 g/mol. The van der Waals surface area contributed by atoms with Crippen LogP contribution in [0.5, 0.6) is 0 Å². The van der Waals surface area contributed by atoms with E-state index < -0.39 is 0 Å². The average Bonchev–Trinajstić information content (AvgIpc) is 2.40. The molecule has 2 nitrogen and oxygen atoms in total. The summed E-state index contributed by atoms with van der Waals surface area (Å²) in [6.07, 6.45) is 11.5. The lowest BCUT2D eigenvalue weighted by Gasteiger charge is -2.54. The van der Waals surface area contributed by atoms with Gasteiger partial charge in [-0.1, -0.05) is 0 Å². The Labute approximate surface area is 118 Å². The first-order chi connectivity index (χ1) is 8.97. The summed E-state index contributed by atoms with van der Waals surface area (Å²) in [5.41, 5.74) is 0.378. The van der Waals surface area contributed by atoms with Gasteiger partial charge in [-0.2, -0.15) is 0 Å². The standard InChI is InChI=1S/C10H18O.C7H12O/c1-9(2)8-4-6-10(3,11-9)7-5-8;1-3-7-4-2-6(1)5-8-7/h8H,4-7H2,1-3H3;6-7H,1-5H2. The van der Waals surface area contributed by atoms with Crippen molar-refractivity contribution in [2.24, 2.45) is 11.8 Å². The van der Waals surface area contributed by atoms with Gasteiger partial charge in [-0.3, -0.25) is 0 Å². The van der Waals surface area contributed by atoms with Gasteiger partial charge in [0.1, 0.15) is 0 Å². The molecule has 2 heteroatoms. The van der Waals surface area contributed by atoms with Gasteiger partial charge in [0.25, 0.3) is 0 Å². The predicted molar refractivity (Wildman–Crippen MR) is 77.2 cm³/mol. The van der Waals surface area contributed by atoms with E-state index >= 15 is 0 Å². The van der Waals surface area contributed by atoms with Crippen LogP contribution in [0.1, 0.15) is 72.1 Å². The van der Waals surface area contributed by atoms with Crippen LogP contribution in [0.25, 0.3) is 0 Å². The fourth-order valence-corrected chi connectivity index (χ4v) is 4.48. The molecule has 0 aromatic heterocycles. The van der Waals surface area contributed by atoms with Crippen LogP contribution in [-0.4, -0.2) is 23.9 Å². The Bertz CT molecular complexity index is 281. The highest BCUT2D eigenvalue weighted by Crippen LogP contribution is 2.49. The lowest BCUT2D eigenvalue weighted by atomic mass is 9.69. The summed E-state index contributed by atoms with van der Waals surface area (Å²) in [6.45, 7) is 7.82. The Kier molecular flexibility index (Phi) is 3.68. The van der Waals surface area contributed by atoms with Gasteiger partial charge in [0.2, 0.25) is 0 Å². The first kappa shape index (κ1) is 13.9. The van der Waals surface area contributed by atoms with E-state index in [1.165, 1.54) is 51.4 Å². The molecular weight excluding hydrogens is 236 g/mol. The van der Waals surface area contributed by atoms with Crippen LogP contribution in [-0.2, 0) is 9.47 Å². The van der Waals surface area contributed by atoms with Crippen LogP contribution in [0, 0.1) is 11.8 Å². The number of hydrogen-bond acceptors (Lipinski definition) is 2. The summed E-state index contributed by atoms with van der Waals surface area (Å²) in [4.78, 5) is 0. The number of rotatable bonds is 0. The first-order valence-corrected chi connectivity index (χ1v) is 8.29. The molecule has 0 aromatic rings. The van der Waals surface area contributed by atoms with Gasteiger partial charge >= 0.3 is 0 Å². The summed E-state index contributed by atoms with van der Waals surface area (Å²) in [7, 11) is 0. The van der Waals surface area contributed by atoms with Gasteiger partial charge in [-0.05, 0) is 84.0 Å². The second kappa shape index (κ2) is 5.04. The topological polar surface area (TPSA) is 18.5 Å². The molecule has 6 fully saturated rings. The van der Waals surface area contributed by atoms with Gasteiger partial charge in [-0.25, -0.2) is 0 Å². The molecule has 0 N–H and O–H groups in total. The molecule has 0 amide bonds. The normalized spacial score (nSPS) is 46.6. The van der Waals surface area contributed by atoms with E-state index in [1.54, 1.807) is 0 Å². The Balaban J connectivity index is 0.000000122. The summed E-state index contributed by atoms with van der Waals surface area (Å²) in [6, 6.07) is 0. The highest BCUT2D eigenvalue weighted by atomic mass is 16.5. The minimum atomic E-state index is 0.158. The third-order valence-electron chi connectivity index (χ3n) is 5.90. The Morgan fingerprint density at radius 2 is 1.47 bits per heavy atom. The molecule has 4 heterocycles. The molecule has 0 aromatic carbocycles. The molecule has 0 atom stereocenters. The molecule has 4 aliphatic heterocycles. The van der Waals surface area contributed by atoms with Crippen molar-refractivity contribution in [1.82, 2.24) is 0 Å². The van der Waals surface area contributed by atoms with Gasteiger partial charge in [0.15, 0.2) is 0 Å². The molecule has 110 valence electrons. The van der Waals surface area contributed by atoms with Crippen LogP contribution < -0.4 is 0 Å². The van der Waals surface area contributed by atoms with Crippen molar-refractivity contribution in [3.63, 3.8) is 0 Å². The molecule has 0 spiro atoms. The SMILES string of the molecule is C1CC2CCC1CO2.CC12CCC(CC1)C(C)(C)O2. The van der Waals surface area contributed by atoms with Crippen LogP contribution in [0.3, 0.4) is 0 Å². The molecule has 0 radical (unpaired) electrons. The fourth-order valence-electron chi connectivity index (χ4n) is 4.48. The van der Waals surface area contributed by atoms with Crippen molar-refractivity contribution >= 4 is 0 Å². The van der Waals surface area contributed by atoms with Crippen molar-refractivity contribution < 1.29 is 9.47 Å². The van der Waals surface area contributed by atoms with E-state index in [0.29, 0.717) is 6.10 Å². The van der Waals surface area contributed by atoms with E-state index in [4.69, 9.17) is 9.47 Å². The van der Waals surface area contributed by atoms with Crippen molar-refractivity contribution in [2.45, 2.75) is 89.4 Å². The minimum Gasteiger partial charge on any atom is -0.378 e. The van der Waals surface area contributed by atoms with E-state index in [2.05, 4.69) is 20.8 Å². The van der Waals surface area contributed by atoms with Crippen LogP contribution in [0.4, 0.5) is 0 Å². The minimum absolute atomic E-state index is 0.158. The van der Waals surface area contributed by atoms with E-state index in [-0.39, 0.29) is 11.2 Å². The average molecular weight is 266 g/mol. The van der Waals surface area contributed by atoms with Crippen molar-refractivity contribution in [2.75, 3.05) is 6.61 Å². The predicted octanol–water partition coefficient (Wildman–Crippen LogP) is 4.32. The van der Waals surface area contributed by atoms with Crippen molar-refractivity contribution in [3.8, 4) is 0 Å². The Morgan fingerprint density at radius 1 is 0.842 bits per heavy atom. The van der Waals surface area contributed by atoms with E-state index in [0.717, 1.165) is 18.4 Å². The fraction of sp³-hybridized carbons (Fsp3) is 1.00. The molecular formula is C17H30O2. The maximum Gasteiger partial charge on any atom is 0.0662 e. The zero-order valence-electron chi connectivity index (χ0n) is 12.9. The lowest BCUT2D eigenvalue weighted by molar-refractivity contribution is -0.229. The zero-order chi connectivity index (χ0) is 13.5. The van der Waals surface area contributed by atoms with Crippen molar-refractivity contribution in [3.05, 3.63) is 0 Å². The molecule has 6 rings (SSSR count). The molecule has 2 aliphatic carbocycles. The van der Waals surface area contributed by atoms with Crippen LogP contribution >= 0.6 is 0 Å². The summed E-state index contributed by atoms with van der Waals surface area (Å²) in [5.74, 6) is 1.75. The molecule has 6 aliphatic rings. The first-order valence-electron chi connectivity index (χ1n) is 8.29. The number of ether oxygens (including phenoxy) is 2. The Morgan fingerprint density at radius 3 is 1.68 bits per heavy atom. The zero-order valence-corrected chi connectivity index (χ0v) is 12.9. The lowest BCUT2D eigenvalue weighted by Crippen LogP contribution is -2.53. The Hall–Kier alpha value is -0.0800. The van der Waals surface area contributed by atoms with Crippen molar-refractivity contribution in [1.29, 1.82) is 0 Å². The molecule has 0 unspecified atom stereocenters. The molecule has 4 saturated heterocycles. The highest BCUT2D eigenvalue weighted by molar-refractivity contribution is 4.97. The van der Waals surface area contributed by atoms with Gasteiger partial charge in [0.05, 0.1) is 17.3 Å². The summed E-state index contributed by atoms with van der Waals surface area (Å²) in [5, 5.41) is 0. The van der Waals surface area contributed by atoms with Gasteiger partial charge in [-0.15, -0.1) is 0 Å². The third-order valence-corrected chi connectivity index (χ3v) is 5.90. The third kappa shape index (κ3) is 3.00. The maximum atomic E-state index is 6.06. The van der Waals surface area contributed by atoms with E-state index in [9.17, 15) is 0 Å². The largest absolute Gasteiger partial charge is 0.378 e. The van der Waals surface area contributed by atoms with Crippen LogP contribution in [0.2, 0.25) is 0 Å². The quantitative estimate of drug-likeness (QED) is 0.650. The molecule has 2 saturated carbocycles. The second-order valence-electron chi connectivity index (χ2n) is 7.91. The second-order valence-corrected chi connectivity index (χ2v) is 7.91. The van der Waals surface area contributed by atoms with Gasteiger partial charge < -0.3 is 9.47 Å². The molecule has 19 heavy (non-hydrogen) atoms. The summed E-state index contributed by atoms with van der Waals surface area (Å²) < 4.78 is 11.5. The summed E-state index contributed by atoms with van der Waals surface area (Å²) >= 11 is 0. The maximum absolute atomic E-state index is 6.06. The van der Waals surface area contributed by atoms with Gasteiger partial charge in [0, 0.05) is 6.61 Å². The number of hydrogen-bond donors (Lipinski definition) is 0. The van der Waals surface area contributed by atoms with E-state index in [1.807, 2.05) is 0 Å². The number of fused-ring (bicyclic) bond motifs is 6.